The molecular formula is C5H9ClO2. The molecular weight excluding hydrogens is 128 g/mol. The van der Waals surface area contributed by atoms with Crippen LogP contribution in [0.1, 0.15) is 12.8 Å². The SMILES string of the molecule is O[C@@H]1CC[C@H](CCl)O1. The Bertz CT molecular complexity index is 76.8. The Morgan fingerprint density at radius 2 is 2.38 bits per heavy atom. The van der Waals surface area contributed by atoms with Gasteiger partial charge in [-0.2, -0.15) is 0 Å². The molecule has 1 saturated heterocycles. The first-order valence-electron chi connectivity index (χ1n) is 2.72. The summed E-state index contributed by atoms with van der Waals surface area (Å²) < 4.78 is 4.93. The highest BCUT2D eigenvalue weighted by molar-refractivity contribution is 6.18. The van der Waals surface area contributed by atoms with Crippen molar-refractivity contribution < 1.29 is 9.84 Å². The molecule has 0 amide bonds. The topological polar surface area (TPSA) is 29.5 Å². The summed E-state index contributed by atoms with van der Waals surface area (Å²) in [7, 11) is 0. The Kier molecular flexibility index (Phi) is 2.11. The van der Waals surface area contributed by atoms with Gasteiger partial charge in [-0.25, -0.2) is 0 Å². The van der Waals surface area contributed by atoms with Crippen molar-refractivity contribution in [2.24, 2.45) is 0 Å². The minimum Gasteiger partial charge on any atom is -0.368 e. The molecule has 0 unspecified atom stereocenters. The molecule has 1 rings (SSSR count). The largest absolute Gasteiger partial charge is 0.368 e. The molecule has 0 aromatic carbocycles. The fourth-order valence-corrected chi connectivity index (χ4v) is 1.03. The molecule has 0 saturated carbocycles. The van der Waals surface area contributed by atoms with Crippen molar-refractivity contribution in [2.45, 2.75) is 25.2 Å². The number of rotatable bonds is 1. The highest BCUT2D eigenvalue weighted by atomic mass is 35.5. The van der Waals surface area contributed by atoms with Crippen LogP contribution in [0.3, 0.4) is 0 Å². The van der Waals surface area contributed by atoms with E-state index in [1.165, 1.54) is 0 Å². The van der Waals surface area contributed by atoms with Crippen molar-refractivity contribution >= 4 is 11.6 Å². The fourth-order valence-electron chi connectivity index (χ4n) is 0.800. The molecule has 48 valence electrons. The van der Waals surface area contributed by atoms with Gasteiger partial charge in [-0.05, 0) is 6.42 Å². The molecule has 2 atom stereocenters. The van der Waals surface area contributed by atoms with Gasteiger partial charge in [0.25, 0.3) is 0 Å². The van der Waals surface area contributed by atoms with Gasteiger partial charge >= 0.3 is 0 Å². The molecule has 1 heterocycles. The van der Waals surface area contributed by atoms with E-state index in [0.29, 0.717) is 5.88 Å². The smallest absolute Gasteiger partial charge is 0.155 e. The van der Waals surface area contributed by atoms with E-state index >= 15 is 0 Å². The van der Waals surface area contributed by atoms with Gasteiger partial charge in [0.05, 0.1) is 6.10 Å². The normalized spacial score (nSPS) is 38.2. The predicted molar refractivity (Wildman–Crippen MR) is 30.8 cm³/mol. The van der Waals surface area contributed by atoms with Gasteiger partial charge in [-0.3, -0.25) is 0 Å². The van der Waals surface area contributed by atoms with Crippen molar-refractivity contribution in [1.29, 1.82) is 0 Å². The summed E-state index contributed by atoms with van der Waals surface area (Å²) in [6.07, 6.45) is 1.16. The second kappa shape index (κ2) is 2.67. The minimum absolute atomic E-state index is 0.0895. The molecule has 8 heavy (non-hydrogen) atoms. The molecule has 1 aliphatic heterocycles. The van der Waals surface area contributed by atoms with Gasteiger partial charge < -0.3 is 9.84 Å². The van der Waals surface area contributed by atoms with Crippen LogP contribution < -0.4 is 0 Å². The Balaban J connectivity index is 2.22. The summed E-state index contributed by atoms with van der Waals surface area (Å²) in [6, 6.07) is 0. The first-order chi connectivity index (χ1) is 3.83. The fraction of sp³-hybridized carbons (Fsp3) is 1.00. The van der Waals surface area contributed by atoms with E-state index in [4.69, 9.17) is 21.4 Å². The van der Waals surface area contributed by atoms with Crippen LogP contribution in [0.5, 0.6) is 0 Å². The van der Waals surface area contributed by atoms with Crippen LogP contribution in [0.4, 0.5) is 0 Å². The third-order valence-electron chi connectivity index (χ3n) is 1.26. The van der Waals surface area contributed by atoms with Crippen molar-refractivity contribution in [3.63, 3.8) is 0 Å². The summed E-state index contributed by atoms with van der Waals surface area (Å²) in [5, 5.41) is 8.75. The Labute approximate surface area is 53.4 Å². The third-order valence-corrected chi connectivity index (χ3v) is 1.60. The van der Waals surface area contributed by atoms with Crippen LogP contribution in [0.2, 0.25) is 0 Å². The molecule has 0 aliphatic carbocycles. The molecule has 0 spiro atoms. The number of aliphatic hydroxyl groups excluding tert-OH is 1. The highest BCUT2D eigenvalue weighted by Crippen LogP contribution is 2.17. The molecule has 0 bridgehead atoms. The van der Waals surface area contributed by atoms with E-state index in [0.717, 1.165) is 12.8 Å². The van der Waals surface area contributed by atoms with Crippen molar-refractivity contribution in [1.82, 2.24) is 0 Å². The van der Waals surface area contributed by atoms with Crippen molar-refractivity contribution in [2.75, 3.05) is 5.88 Å². The van der Waals surface area contributed by atoms with E-state index in [2.05, 4.69) is 0 Å². The maximum absolute atomic E-state index is 8.75. The summed E-state index contributed by atoms with van der Waals surface area (Å²) in [5.74, 6) is 0.497. The van der Waals surface area contributed by atoms with Crippen molar-refractivity contribution in [3.05, 3.63) is 0 Å². The van der Waals surface area contributed by atoms with E-state index in [-0.39, 0.29) is 6.10 Å². The van der Waals surface area contributed by atoms with Gasteiger partial charge in [-0.1, -0.05) is 0 Å². The molecule has 3 heteroatoms. The molecule has 1 N–H and O–H groups in total. The number of hydrogen-bond acceptors (Lipinski definition) is 2. The summed E-state index contributed by atoms with van der Waals surface area (Å²) >= 11 is 5.44. The van der Waals surface area contributed by atoms with Crippen LogP contribution in [0.25, 0.3) is 0 Å². The summed E-state index contributed by atoms with van der Waals surface area (Å²) in [6.45, 7) is 0. The van der Waals surface area contributed by atoms with Crippen LogP contribution in [-0.4, -0.2) is 23.4 Å². The van der Waals surface area contributed by atoms with Gasteiger partial charge in [-0.15, -0.1) is 11.6 Å². The van der Waals surface area contributed by atoms with E-state index in [1.54, 1.807) is 0 Å². The number of hydrogen-bond donors (Lipinski definition) is 1. The zero-order valence-corrected chi connectivity index (χ0v) is 5.27. The van der Waals surface area contributed by atoms with Gasteiger partial charge in [0.15, 0.2) is 6.29 Å². The lowest BCUT2D eigenvalue weighted by atomic mass is 10.3. The lowest BCUT2D eigenvalue weighted by Crippen LogP contribution is -2.10. The number of aliphatic hydroxyl groups is 1. The second-order valence-electron chi connectivity index (χ2n) is 1.94. The van der Waals surface area contributed by atoms with E-state index < -0.39 is 6.29 Å². The molecule has 0 aromatic rings. The lowest BCUT2D eigenvalue weighted by molar-refractivity contribution is -0.0840. The number of ether oxygens (including phenoxy) is 1. The third kappa shape index (κ3) is 1.34. The predicted octanol–water partition coefficient (Wildman–Crippen LogP) is 0.723. The molecule has 1 fully saturated rings. The van der Waals surface area contributed by atoms with E-state index in [1.807, 2.05) is 0 Å². The Hall–Kier alpha value is 0.210. The quantitative estimate of drug-likeness (QED) is 0.539. The molecule has 2 nitrogen and oxygen atoms in total. The van der Waals surface area contributed by atoms with Crippen LogP contribution in [0.15, 0.2) is 0 Å². The molecule has 0 radical (unpaired) electrons. The zero-order valence-electron chi connectivity index (χ0n) is 4.51. The maximum atomic E-state index is 8.75. The van der Waals surface area contributed by atoms with Gasteiger partial charge in [0, 0.05) is 12.3 Å². The average Bonchev–Trinajstić information content (AvgIpc) is 2.14. The monoisotopic (exact) mass is 136 g/mol. The second-order valence-corrected chi connectivity index (χ2v) is 2.25. The van der Waals surface area contributed by atoms with Gasteiger partial charge in [0.2, 0.25) is 0 Å². The lowest BCUT2D eigenvalue weighted by Gasteiger charge is -2.03. The Morgan fingerprint density at radius 3 is 2.62 bits per heavy atom. The standard InChI is InChI=1S/C5H9ClO2/c6-3-4-1-2-5(7)8-4/h4-5,7H,1-3H2/t4-,5+/m1/s1. The summed E-state index contributed by atoms with van der Waals surface area (Å²) in [4.78, 5) is 0. The number of halogens is 1. The first-order valence-corrected chi connectivity index (χ1v) is 3.26. The first kappa shape index (κ1) is 6.33. The maximum Gasteiger partial charge on any atom is 0.155 e. The van der Waals surface area contributed by atoms with Crippen LogP contribution in [-0.2, 0) is 4.74 Å². The average molecular weight is 137 g/mol. The number of alkyl halides is 1. The molecule has 0 aromatic heterocycles. The Morgan fingerprint density at radius 1 is 1.62 bits per heavy atom. The minimum atomic E-state index is -0.557. The van der Waals surface area contributed by atoms with Gasteiger partial charge in [0.1, 0.15) is 0 Å². The van der Waals surface area contributed by atoms with E-state index in [9.17, 15) is 0 Å². The highest BCUT2D eigenvalue weighted by Gasteiger charge is 2.21. The zero-order chi connectivity index (χ0) is 5.98. The van der Waals surface area contributed by atoms with Crippen molar-refractivity contribution in [3.8, 4) is 0 Å². The van der Waals surface area contributed by atoms with Crippen LogP contribution >= 0.6 is 11.6 Å². The van der Waals surface area contributed by atoms with Crippen LogP contribution in [0, 0.1) is 0 Å². The summed E-state index contributed by atoms with van der Waals surface area (Å²) in [5.41, 5.74) is 0. The molecule has 1 aliphatic rings.